The van der Waals surface area contributed by atoms with E-state index in [9.17, 15) is 9.59 Å². The summed E-state index contributed by atoms with van der Waals surface area (Å²) in [7, 11) is 1.53. The van der Waals surface area contributed by atoms with E-state index in [0.29, 0.717) is 41.1 Å². The monoisotopic (exact) mass is 426 g/mol. The van der Waals surface area contributed by atoms with Gasteiger partial charge in [-0.2, -0.15) is 0 Å². The van der Waals surface area contributed by atoms with Crippen molar-refractivity contribution in [1.82, 2.24) is 10.2 Å². The molecule has 2 amide bonds. The Morgan fingerprint density at radius 1 is 1.19 bits per heavy atom. The van der Waals surface area contributed by atoms with Crippen LogP contribution in [0.5, 0.6) is 11.5 Å². The van der Waals surface area contributed by atoms with Crippen molar-refractivity contribution >= 4 is 27.7 Å². The van der Waals surface area contributed by atoms with Gasteiger partial charge < -0.3 is 19.7 Å². The second kappa shape index (κ2) is 10.4. The number of rotatable bonds is 7. The lowest BCUT2D eigenvalue weighted by molar-refractivity contribution is -0.131. The van der Waals surface area contributed by atoms with E-state index in [0.717, 1.165) is 25.9 Å². The molecule has 1 aromatic rings. The number of nitrogens with one attached hydrogen (secondary N) is 1. The van der Waals surface area contributed by atoms with Gasteiger partial charge in [0.05, 0.1) is 18.2 Å². The van der Waals surface area contributed by atoms with Crippen LogP contribution >= 0.6 is 15.9 Å². The lowest BCUT2D eigenvalue weighted by Gasteiger charge is -2.20. The van der Waals surface area contributed by atoms with Crippen LogP contribution in [0.1, 0.15) is 49.4 Å². The van der Waals surface area contributed by atoms with E-state index in [1.807, 2.05) is 11.8 Å². The van der Waals surface area contributed by atoms with Crippen molar-refractivity contribution in [3.05, 3.63) is 22.2 Å². The van der Waals surface area contributed by atoms with Gasteiger partial charge in [-0.05, 0) is 47.8 Å². The van der Waals surface area contributed by atoms with Crippen LogP contribution in [0.3, 0.4) is 0 Å². The summed E-state index contributed by atoms with van der Waals surface area (Å²) in [5.74, 6) is 0.934. The number of carbonyl (C=O) groups excluding carboxylic acids is 2. The molecule has 0 saturated carbocycles. The Labute approximate surface area is 163 Å². The van der Waals surface area contributed by atoms with Gasteiger partial charge in [0.1, 0.15) is 0 Å². The lowest BCUT2D eigenvalue weighted by atomic mass is 10.2. The van der Waals surface area contributed by atoms with Gasteiger partial charge in [-0.15, -0.1) is 0 Å². The lowest BCUT2D eigenvalue weighted by Crippen LogP contribution is -2.35. The number of hydrogen-bond acceptors (Lipinski definition) is 4. The Hall–Kier alpha value is -1.76. The summed E-state index contributed by atoms with van der Waals surface area (Å²) in [5, 5.41) is 2.81. The predicted molar refractivity (Wildman–Crippen MR) is 104 cm³/mol. The zero-order valence-electron chi connectivity index (χ0n) is 15.5. The van der Waals surface area contributed by atoms with Crippen LogP contribution in [0, 0.1) is 0 Å². The minimum absolute atomic E-state index is 0.109. The molecule has 1 heterocycles. The first-order chi connectivity index (χ1) is 12.6. The van der Waals surface area contributed by atoms with Crippen LogP contribution in [-0.2, 0) is 4.79 Å². The number of nitrogens with zero attached hydrogens (tertiary/aromatic N) is 1. The average Bonchev–Trinajstić information content (AvgIpc) is 2.92. The number of amides is 2. The van der Waals surface area contributed by atoms with Gasteiger partial charge in [0.25, 0.3) is 5.91 Å². The summed E-state index contributed by atoms with van der Waals surface area (Å²) in [6.07, 6.45) is 4.83. The normalized spacial score (nSPS) is 14.5. The molecule has 7 heteroatoms. The van der Waals surface area contributed by atoms with Gasteiger partial charge in [0.15, 0.2) is 11.5 Å². The molecule has 2 rings (SSSR count). The van der Waals surface area contributed by atoms with Crippen LogP contribution in [-0.4, -0.2) is 50.1 Å². The number of hydrogen-bond donors (Lipinski definition) is 1. The zero-order valence-corrected chi connectivity index (χ0v) is 17.1. The third kappa shape index (κ3) is 5.62. The molecule has 0 unspecified atom stereocenters. The number of likely N-dealkylation sites (tertiary alicyclic amines) is 1. The molecule has 1 aromatic carbocycles. The Morgan fingerprint density at radius 2 is 1.88 bits per heavy atom. The summed E-state index contributed by atoms with van der Waals surface area (Å²) in [6, 6.07) is 3.33. The fourth-order valence-corrected chi connectivity index (χ4v) is 3.56. The van der Waals surface area contributed by atoms with Gasteiger partial charge in [0, 0.05) is 31.6 Å². The molecule has 6 nitrogen and oxygen atoms in total. The molecule has 0 atom stereocenters. The molecular weight excluding hydrogens is 400 g/mol. The van der Waals surface area contributed by atoms with Crippen molar-refractivity contribution in [2.45, 2.75) is 39.0 Å². The molecule has 1 aliphatic heterocycles. The van der Waals surface area contributed by atoms with E-state index in [1.54, 1.807) is 12.1 Å². The van der Waals surface area contributed by atoms with Crippen molar-refractivity contribution in [1.29, 1.82) is 0 Å². The van der Waals surface area contributed by atoms with E-state index in [-0.39, 0.29) is 11.8 Å². The third-order valence-electron chi connectivity index (χ3n) is 4.36. The quantitative estimate of drug-likeness (QED) is 0.725. The molecule has 1 saturated heterocycles. The largest absolute Gasteiger partial charge is 0.493 e. The number of halogens is 1. The van der Waals surface area contributed by atoms with Gasteiger partial charge in [0.2, 0.25) is 5.91 Å². The second-order valence-electron chi connectivity index (χ2n) is 6.22. The Balaban J connectivity index is 1.91. The summed E-state index contributed by atoms with van der Waals surface area (Å²) >= 11 is 3.41. The van der Waals surface area contributed by atoms with E-state index in [2.05, 4.69) is 21.2 Å². The molecule has 0 aliphatic carbocycles. The molecule has 0 bridgehead atoms. The van der Waals surface area contributed by atoms with E-state index in [4.69, 9.17) is 9.47 Å². The minimum atomic E-state index is -0.240. The van der Waals surface area contributed by atoms with Crippen molar-refractivity contribution < 1.29 is 19.1 Å². The van der Waals surface area contributed by atoms with Crippen LogP contribution in [0.25, 0.3) is 0 Å². The molecule has 1 N–H and O–H groups in total. The maximum atomic E-state index is 12.4. The van der Waals surface area contributed by atoms with Crippen molar-refractivity contribution in [2.75, 3.05) is 33.4 Å². The first-order valence-corrected chi connectivity index (χ1v) is 9.92. The van der Waals surface area contributed by atoms with Crippen molar-refractivity contribution in [3.63, 3.8) is 0 Å². The number of carbonyl (C=O) groups is 2. The Bertz CT molecular complexity index is 628. The Kier molecular flexibility index (Phi) is 8.22. The van der Waals surface area contributed by atoms with Gasteiger partial charge in [-0.25, -0.2) is 0 Å². The standard InChI is InChI=1S/C19H27BrN2O4/c1-3-26-18-15(20)12-14(13-16(18)25-2)19(24)21-9-8-17(23)22-10-6-4-5-7-11-22/h12-13H,3-11H2,1-2H3,(H,21,24). The number of benzene rings is 1. The van der Waals surface area contributed by atoms with E-state index < -0.39 is 0 Å². The van der Waals surface area contributed by atoms with Gasteiger partial charge >= 0.3 is 0 Å². The third-order valence-corrected chi connectivity index (χ3v) is 4.95. The van der Waals surface area contributed by atoms with Crippen LogP contribution in [0.2, 0.25) is 0 Å². The Morgan fingerprint density at radius 3 is 2.50 bits per heavy atom. The first-order valence-electron chi connectivity index (χ1n) is 9.13. The highest BCUT2D eigenvalue weighted by Gasteiger charge is 2.17. The molecule has 144 valence electrons. The van der Waals surface area contributed by atoms with Gasteiger partial charge in [-0.1, -0.05) is 12.8 Å². The molecule has 0 aromatic heterocycles. The fourth-order valence-electron chi connectivity index (χ4n) is 3.00. The summed E-state index contributed by atoms with van der Waals surface area (Å²) in [4.78, 5) is 26.6. The molecular formula is C19H27BrN2O4. The molecule has 0 spiro atoms. The van der Waals surface area contributed by atoms with Crippen LogP contribution < -0.4 is 14.8 Å². The smallest absolute Gasteiger partial charge is 0.251 e. The minimum Gasteiger partial charge on any atom is -0.493 e. The summed E-state index contributed by atoms with van der Waals surface area (Å²) in [5.41, 5.74) is 0.458. The molecule has 0 radical (unpaired) electrons. The highest BCUT2D eigenvalue weighted by Crippen LogP contribution is 2.36. The van der Waals surface area contributed by atoms with Crippen LogP contribution in [0.4, 0.5) is 0 Å². The molecule has 26 heavy (non-hydrogen) atoms. The molecule has 1 fully saturated rings. The second-order valence-corrected chi connectivity index (χ2v) is 7.08. The number of ether oxygens (including phenoxy) is 2. The summed E-state index contributed by atoms with van der Waals surface area (Å²) < 4.78 is 11.5. The average molecular weight is 427 g/mol. The highest BCUT2D eigenvalue weighted by atomic mass is 79.9. The SMILES string of the molecule is CCOc1c(Br)cc(C(=O)NCCC(=O)N2CCCCCC2)cc1OC. The zero-order chi connectivity index (χ0) is 18.9. The predicted octanol–water partition coefficient (Wildman–Crippen LogP) is 3.38. The van der Waals surface area contributed by atoms with E-state index >= 15 is 0 Å². The first kappa shape index (κ1) is 20.6. The maximum Gasteiger partial charge on any atom is 0.251 e. The van der Waals surface area contributed by atoms with Crippen molar-refractivity contribution in [3.8, 4) is 11.5 Å². The highest BCUT2D eigenvalue weighted by molar-refractivity contribution is 9.10. The van der Waals surface area contributed by atoms with Gasteiger partial charge in [-0.3, -0.25) is 9.59 Å². The summed E-state index contributed by atoms with van der Waals surface area (Å²) in [6.45, 7) is 4.36. The van der Waals surface area contributed by atoms with Crippen LogP contribution in [0.15, 0.2) is 16.6 Å². The number of methoxy groups -OCH3 is 1. The van der Waals surface area contributed by atoms with Crippen molar-refractivity contribution in [2.24, 2.45) is 0 Å². The topological polar surface area (TPSA) is 67.9 Å². The fraction of sp³-hybridized carbons (Fsp3) is 0.579. The van der Waals surface area contributed by atoms with E-state index in [1.165, 1.54) is 20.0 Å². The maximum absolute atomic E-state index is 12.4. The molecule has 1 aliphatic rings.